The minimum atomic E-state index is 0.00264. The lowest BCUT2D eigenvalue weighted by Gasteiger charge is -2.34. The van der Waals surface area contributed by atoms with E-state index in [1.54, 1.807) is 4.68 Å². The maximum Gasteiger partial charge on any atom is 0.272 e. The van der Waals surface area contributed by atoms with Gasteiger partial charge in [0.25, 0.3) is 5.91 Å². The van der Waals surface area contributed by atoms with Crippen molar-refractivity contribution in [2.45, 2.75) is 44.4 Å². The van der Waals surface area contributed by atoms with Gasteiger partial charge in [0.1, 0.15) is 5.69 Å². The van der Waals surface area contributed by atoms with Gasteiger partial charge in [-0.05, 0) is 49.7 Å². The Labute approximate surface area is 171 Å². The van der Waals surface area contributed by atoms with Crippen molar-refractivity contribution in [3.8, 4) is 0 Å². The minimum Gasteiger partial charge on any atom is -0.337 e. The highest BCUT2D eigenvalue weighted by atomic mass is 16.2. The predicted octanol–water partition coefficient (Wildman–Crippen LogP) is 3.13. The van der Waals surface area contributed by atoms with Crippen molar-refractivity contribution in [2.24, 2.45) is 13.0 Å². The summed E-state index contributed by atoms with van der Waals surface area (Å²) < 4.78 is 1.73. The van der Waals surface area contributed by atoms with Crippen LogP contribution in [0.5, 0.6) is 0 Å². The van der Waals surface area contributed by atoms with E-state index < -0.39 is 0 Å². The molecule has 0 atom stereocenters. The molecular formula is C23H28N4O2. The largest absolute Gasteiger partial charge is 0.337 e. The quantitative estimate of drug-likeness (QED) is 0.806. The summed E-state index contributed by atoms with van der Waals surface area (Å²) in [6, 6.07) is 8.19. The molecule has 1 aromatic carbocycles. The number of likely N-dealkylation sites (tertiary alicyclic amines) is 1. The van der Waals surface area contributed by atoms with E-state index in [4.69, 9.17) is 0 Å². The SMILES string of the molecule is Cn1ncc(C2CCC2)c1C(=O)N1CCC(C(=O)N2CCc3ccccc32)CC1. The van der Waals surface area contributed by atoms with Crippen molar-refractivity contribution in [1.29, 1.82) is 0 Å². The van der Waals surface area contributed by atoms with E-state index in [1.165, 1.54) is 12.0 Å². The fourth-order valence-corrected chi connectivity index (χ4v) is 5.00. The van der Waals surface area contributed by atoms with Crippen LogP contribution in [-0.4, -0.2) is 46.1 Å². The number of hydrogen-bond donors (Lipinski definition) is 0. The number of hydrogen-bond acceptors (Lipinski definition) is 3. The van der Waals surface area contributed by atoms with Crippen molar-refractivity contribution in [2.75, 3.05) is 24.5 Å². The lowest BCUT2D eigenvalue weighted by molar-refractivity contribution is -0.123. The van der Waals surface area contributed by atoms with E-state index in [1.807, 2.05) is 41.2 Å². The number of aryl methyl sites for hydroxylation is 1. The molecule has 1 aliphatic carbocycles. The zero-order chi connectivity index (χ0) is 20.0. The summed E-state index contributed by atoms with van der Waals surface area (Å²) in [6.07, 6.45) is 7.82. The van der Waals surface area contributed by atoms with E-state index in [-0.39, 0.29) is 17.7 Å². The van der Waals surface area contributed by atoms with Gasteiger partial charge in [0.15, 0.2) is 0 Å². The number of amides is 2. The van der Waals surface area contributed by atoms with Gasteiger partial charge in [0, 0.05) is 43.9 Å². The summed E-state index contributed by atoms with van der Waals surface area (Å²) in [7, 11) is 1.86. The highest BCUT2D eigenvalue weighted by Gasteiger charge is 2.35. The molecule has 2 aromatic rings. The first kappa shape index (κ1) is 18.4. The van der Waals surface area contributed by atoms with Crippen LogP contribution in [0.4, 0.5) is 5.69 Å². The van der Waals surface area contributed by atoms with Gasteiger partial charge in [-0.15, -0.1) is 0 Å². The molecule has 152 valence electrons. The van der Waals surface area contributed by atoms with Crippen LogP contribution in [0, 0.1) is 5.92 Å². The monoisotopic (exact) mass is 392 g/mol. The standard InChI is InChI=1S/C23H28N4O2/c1-25-21(19(15-24-25)16-6-4-7-16)23(29)26-12-9-18(10-13-26)22(28)27-14-11-17-5-2-3-8-20(17)27/h2-3,5,8,15-16,18H,4,6-7,9-14H2,1H3. The predicted molar refractivity (Wildman–Crippen MR) is 111 cm³/mol. The van der Waals surface area contributed by atoms with Crippen LogP contribution in [0.3, 0.4) is 0 Å². The number of anilines is 1. The van der Waals surface area contributed by atoms with Crippen LogP contribution in [-0.2, 0) is 18.3 Å². The van der Waals surface area contributed by atoms with Gasteiger partial charge < -0.3 is 9.80 Å². The second-order valence-electron chi connectivity index (χ2n) is 8.64. The first-order valence-electron chi connectivity index (χ1n) is 10.8. The van der Waals surface area contributed by atoms with Crippen LogP contribution in [0.25, 0.3) is 0 Å². The number of nitrogens with zero attached hydrogens (tertiary/aromatic N) is 4. The highest BCUT2D eigenvalue weighted by molar-refractivity contribution is 5.98. The molecule has 1 saturated carbocycles. The fraction of sp³-hybridized carbons (Fsp3) is 0.522. The van der Waals surface area contributed by atoms with Gasteiger partial charge in [-0.1, -0.05) is 24.6 Å². The third-order valence-electron chi connectivity index (χ3n) is 7.00. The second kappa shape index (κ2) is 7.32. The van der Waals surface area contributed by atoms with Gasteiger partial charge in [0.05, 0.1) is 6.20 Å². The van der Waals surface area contributed by atoms with Gasteiger partial charge >= 0.3 is 0 Å². The highest BCUT2D eigenvalue weighted by Crippen LogP contribution is 2.38. The maximum absolute atomic E-state index is 13.2. The summed E-state index contributed by atoms with van der Waals surface area (Å²) in [5.41, 5.74) is 4.17. The molecule has 2 aliphatic heterocycles. The van der Waals surface area contributed by atoms with E-state index >= 15 is 0 Å². The zero-order valence-electron chi connectivity index (χ0n) is 17.0. The molecule has 0 spiro atoms. The Hall–Kier alpha value is -2.63. The van der Waals surface area contributed by atoms with Crippen LogP contribution in [0.1, 0.15) is 59.6 Å². The molecule has 29 heavy (non-hydrogen) atoms. The Morgan fingerprint density at radius 3 is 2.52 bits per heavy atom. The Balaban J connectivity index is 1.25. The molecule has 2 fully saturated rings. The van der Waals surface area contributed by atoms with Gasteiger partial charge in [-0.2, -0.15) is 5.10 Å². The van der Waals surface area contributed by atoms with Gasteiger partial charge in [-0.3, -0.25) is 14.3 Å². The molecule has 0 radical (unpaired) electrons. The number of carbonyl (C=O) groups excluding carboxylic acids is 2. The molecule has 0 N–H and O–H groups in total. The van der Waals surface area contributed by atoms with Gasteiger partial charge in [0.2, 0.25) is 5.91 Å². The van der Waals surface area contributed by atoms with E-state index in [2.05, 4.69) is 11.2 Å². The molecule has 0 bridgehead atoms. The first-order chi connectivity index (χ1) is 14.1. The van der Waals surface area contributed by atoms with Gasteiger partial charge in [-0.25, -0.2) is 0 Å². The first-order valence-corrected chi connectivity index (χ1v) is 10.8. The number of rotatable bonds is 3. The third-order valence-corrected chi connectivity index (χ3v) is 7.00. The third kappa shape index (κ3) is 3.15. The Morgan fingerprint density at radius 2 is 1.79 bits per heavy atom. The number of aromatic nitrogens is 2. The lowest BCUT2D eigenvalue weighted by Crippen LogP contribution is -2.44. The molecule has 1 aromatic heterocycles. The Bertz CT molecular complexity index is 938. The van der Waals surface area contributed by atoms with Crippen molar-refractivity contribution >= 4 is 17.5 Å². The van der Waals surface area contributed by atoms with Crippen molar-refractivity contribution in [3.63, 3.8) is 0 Å². The maximum atomic E-state index is 13.2. The number of piperidine rings is 1. The topological polar surface area (TPSA) is 58.4 Å². The average Bonchev–Trinajstić information content (AvgIpc) is 3.30. The minimum absolute atomic E-state index is 0.00264. The van der Waals surface area contributed by atoms with E-state index in [0.29, 0.717) is 19.0 Å². The summed E-state index contributed by atoms with van der Waals surface area (Å²) >= 11 is 0. The molecule has 2 amide bonds. The fourth-order valence-electron chi connectivity index (χ4n) is 5.00. The van der Waals surface area contributed by atoms with Crippen LogP contribution in [0.2, 0.25) is 0 Å². The number of benzene rings is 1. The average molecular weight is 393 g/mol. The number of carbonyl (C=O) groups is 2. The molecule has 6 heteroatoms. The van der Waals surface area contributed by atoms with Crippen LogP contribution >= 0.6 is 0 Å². The second-order valence-corrected chi connectivity index (χ2v) is 8.64. The molecule has 5 rings (SSSR count). The molecule has 6 nitrogen and oxygen atoms in total. The van der Waals surface area contributed by atoms with Crippen LogP contribution < -0.4 is 4.90 Å². The lowest BCUT2D eigenvalue weighted by atomic mass is 9.80. The number of para-hydroxylation sites is 1. The van der Waals surface area contributed by atoms with Crippen molar-refractivity contribution < 1.29 is 9.59 Å². The number of fused-ring (bicyclic) bond motifs is 1. The van der Waals surface area contributed by atoms with Crippen molar-refractivity contribution in [3.05, 3.63) is 47.3 Å². The zero-order valence-corrected chi connectivity index (χ0v) is 17.0. The van der Waals surface area contributed by atoms with Crippen molar-refractivity contribution in [1.82, 2.24) is 14.7 Å². The summed E-state index contributed by atoms with van der Waals surface area (Å²) in [4.78, 5) is 30.2. The molecule has 0 unspecified atom stereocenters. The van der Waals surface area contributed by atoms with E-state index in [0.717, 1.165) is 55.6 Å². The normalized spacial score (nSPS) is 19.9. The Morgan fingerprint density at radius 1 is 1.03 bits per heavy atom. The molecule has 1 saturated heterocycles. The summed E-state index contributed by atoms with van der Waals surface area (Å²) in [5, 5.41) is 4.36. The van der Waals surface area contributed by atoms with E-state index in [9.17, 15) is 9.59 Å². The summed E-state index contributed by atoms with van der Waals surface area (Å²) in [6.45, 7) is 2.05. The summed E-state index contributed by atoms with van der Waals surface area (Å²) in [5.74, 6) is 0.780. The smallest absolute Gasteiger partial charge is 0.272 e. The van der Waals surface area contributed by atoms with Crippen LogP contribution in [0.15, 0.2) is 30.5 Å². The molecule has 3 heterocycles. The molecule has 3 aliphatic rings. The Kier molecular flexibility index (Phi) is 4.64. The molecular weight excluding hydrogens is 364 g/mol.